The number of hydrogen-bond acceptors (Lipinski definition) is 6. The van der Waals surface area contributed by atoms with Gasteiger partial charge in [0.2, 0.25) is 0 Å². The molecule has 2 atom stereocenters. The van der Waals surface area contributed by atoms with Gasteiger partial charge in [0.15, 0.2) is 0 Å². The fraction of sp³-hybridized carbons (Fsp3) is 0.412. The molecule has 0 saturated heterocycles. The van der Waals surface area contributed by atoms with Crippen LogP contribution in [-0.2, 0) is 12.8 Å². The Morgan fingerprint density at radius 3 is 2.96 bits per heavy atom. The number of hydrogen-bond donors (Lipinski definition) is 0. The van der Waals surface area contributed by atoms with E-state index in [0.717, 1.165) is 35.0 Å². The molecular formula is C17H16N4S2. The standard InChI is InChI=1S/C17H16N4S2/c1-10-3-4-13-14(7-19)17(23-15(13)5-10)20-8-12(6-18)16-21-11(2)9-22-16/h8-10,12H,3-5H2,1-2H3. The van der Waals surface area contributed by atoms with E-state index in [1.165, 1.54) is 21.8 Å². The molecular weight excluding hydrogens is 324 g/mol. The minimum Gasteiger partial charge on any atom is -0.247 e. The second-order valence-corrected chi connectivity index (χ2v) is 7.83. The minimum atomic E-state index is -0.460. The van der Waals surface area contributed by atoms with Gasteiger partial charge < -0.3 is 0 Å². The summed E-state index contributed by atoms with van der Waals surface area (Å²) in [5, 5.41) is 22.3. The van der Waals surface area contributed by atoms with E-state index >= 15 is 0 Å². The second kappa shape index (κ2) is 6.62. The van der Waals surface area contributed by atoms with Gasteiger partial charge in [-0.25, -0.2) is 9.98 Å². The van der Waals surface area contributed by atoms with Crippen LogP contribution in [0.4, 0.5) is 5.00 Å². The summed E-state index contributed by atoms with van der Waals surface area (Å²) in [6, 6.07) is 4.53. The molecule has 0 radical (unpaired) electrons. The molecule has 1 aliphatic rings. The number of fused-ring (bicyclic) bond motifs is 1. The van der Waals surface area contributed by atoms with E-state index in [0.29, 0.717) is 11.5 Å². The van der Waals surface area contributed by atoms with Crippen molar-refractivity contribution >= 4 is 33.9 Å². The van der Waals surface area contributed by atoms with Crippen LogP contribution in [0.25, 0.3) is 0 Å². The molecule has 0 aromatic carbocycles. The summed E-state index contributed by atoms with van der Waals surface area (Å²) in [5.74, 6) is 0.202. The molecule has 3 rings (SSSR count). The minimum absolute atomic E-state index is 0.460. The quantitative estimate of drug-likeness (QED) is 0.771. The molecule has 6 heteroatoms. The fourth-order valence-electron chi connectivity index (χ4n) is 2.75. The van der Waals surface area contributed by atoms with E-state index < -0.39 is 5.92 Å². The lowest BCUT2D eigenvalue weighted by atomic mass is 9.89. The van der Waals surface area contributed by atoms with Gasteiger partial charge in [0.1, 0.15) is 22.0 Å². The van der Waals surface area contributed by atoms with Crippen LogP contribution in [0.5, 0.6) is 0 Å². The van der Waals surface area contributed by atoms with Gasteiger partial charge >= 0.3 is 0 Å². The van der Waals surface area contributed by atoms with Crippen LogP contribution in [0.15, 0.2) is 10.4 Å². The smallest absolute Gasteiger partial charge is 0.134 e. The van der Waals surface area contributed by atoms with Gasteiger partial charge in [-0.15, -0.1) is 22.7 Å². The van der Waals surface area contributed by atoms with Gasteiger partial charge in [0.05, 0.1) is 11.6 Å². The monoisotopic (exact) mass is 340 g/mol. The highest BCUT2D eigenvalue weighted by Gasteiger charge is 2.23. The Labute approximate surface area is 143 Å². The summed E-state index contributed by atoms with van der Waals surface area (Å²) in [5.41, 5.74) is 2.78. The number of thiazole rings is 1. The highest BCUT2D eigenvalue weighted by molar-refractivity contribution is 7.16. The molecule has 0 N–H and O–H groups in total. The number of nitrogens with zero attached hydrogens (tertiary/aromatic N) is 4. The molecule has 2 heterocycles. The average Bonchev–Trinajstić information content (AvgIpc) is 3.10. The lowest BCUT2D eigenvalue weighted by Gasteiger charge is -2.17. The topological polar surface area (TPSA) is 72.8 Å². The number of nitriles is 2. The van der Waals surface area contributed by atoms with E-state index in [1.807, 2.05) is 12.3 Å². The first-order valence-corrected chi connectivity index (χ1v) is 9.22. The van der Waals surface area contributed by atoms with Crippen LogP contribution in [-0.4, -0.2) is 11.2 Å². The predicted octanol–water partition coefficient (Wildman–Crippen LogP) is 4.52. The molecule has 0 aliphatic heterocycles. The van der Waals surface area contributed by atoms with Crippen LogP contribution in [0.3, 0.4) is 0 Å². The van der Waals surface area contributed by atoms with Crippen LogP contribution in [0, 0.1) is 35.5 Å². The van der Waals surface area contributed by atoms with Crippen molar-refractivity contribution < 1.29 is 0 Å². The van der Waals surface area contributed by atoms with Crippen LogP contribution in [0.2, 0.25) is 0 Å². The molecule has 2 aromatic rings. The summed E-state index contributed by atoms with van der Waals surface area (Å²) < 4.78 is 0. The highest BCUT2D eigenvalue weighted by atomic mass is 32.1. The van der Waals surface area contributed by atoms with E-state index in [4.69, 9.17) is 0 Å². The SMILES string of the molecule is Cc1csc(C(C#N)C=Nc2sc3c(c2C#N)CCC(C)C3)n1. The van der Waals surface area contributed by atoms with Crippen LogP contribution in [0.1, 0.15) is 46.0 Å². The lowest BCUT2D eigenvalue weighted by Crippen LogP contribution is -2.09. The Hall–Kier alpha value is -2.02. The average molecular weight is 340 g/mol. The van der Waals surface area contributed by atoms with Gasteiger partial charge in [-0.05, 0) is 37.7 Å². The Kier molecular flexibility index (Phi) is 4.56. The first-order valence-electron chi connectivity index (χ1n) is 7.52. The Balaban J connectivity index is 1.91. The third-order valence-electron chi connectivity index (χ3n) is 3.99. The van der Waals surface area contributed by atoms with E-state index in [1.54, 1.807) is 17.6 Å². The third kappa shape index (κ3) is 3.19. The summed E-state index contributed by atoms with van der Waals surface area (Å²) in [7, 11) is 0. The molecule has 23 heavy (non-hydrogen) atoms. The van der Waals surface area contributed by atoms with E-state index in [9.17, 15) is 10.5 Å². The van der Waals surface area contributed by atoms with E-state index in [2.05, 4.69) is 29.0 Å². The van der Waals surface area contributed by atoms with Crippen molar-refractivity contribution in [3.05, 3.63) is 32.1 Å². The lowest BCUT2D eigenvalue weighted by molar-refractivity contribution is 0.507. The first-order chi connectivity index (χ1) is 11.1. The summed E-state index contributed by atoms with van der Waals surface area (Å²) in [6.45, 7) is 4.15. The van der Waals surface area contributed by atoms with Crippen LogP contribution >= 0.6 is 22.7 Å². The zero-order valence-electron chi connectivity index (χ0n) is 13.0. The largest absolute Gasteiger partial charge is 0.247 e. The van der Waals surface area contributed by atoms with Gasteiger partial charge in [0.25, 0.3) is 0 Å². The fourth-order valence-corrected chi connectivity index (χ4v) is 4.87. The maximum absolute atomic E-state index is 9.48. The summed E-state index contributed by atoms with van der Waals surface area (Å²) >= 11 is 3.06. The molecule has 0 amide bonds. The molecule has 0 spiro atoms. The number of thiophene rings is 1. The van der Waals surface area contributed by atoms with Gasteiger partial charge in [-0.2, -0.15) is 10.5 Å². The van der Waals surface area contributed by atoms with Crippen molar-refractivity contribution in [2.45, 2.75) is 39.0 Å². The summed E-state index contributed by atoms with van der Waals surface area (Å²) in [4.78, 5) is 10.1. The number of aromatic nitrogens is 1. The van der Waals surface area contributed by atoms with Gasteiger partial charge in [-0.1, -0.05) is 6.92 Å². The third-order valence-corrected chi connectivity index (χ3v) is 6.20. The van der Waals surface area contributed by atoms with Crippen molar-refractivity contribution in [3.63, 3.8) is 0 Å². The molecule has 116 valence electrons. The Morgan fingerprint density at radius 2 is 2.30 bits per heavy atom. The zero-order valence-corrected chi connectivity index (χ0v) is 14.7. The molecule has 1 aliphatic carbocycles. The molecule has 4 nitrogen and oxygen atoms in total. The van der Waals surface area contributed by atoms with Crippen molar-refractivity contribution in [3.8, 4) is 12.1 Å². The van der Waals surface area contributed by atoms with Crippen molar-refractivity contribution in [2.75, 3.05) is 0 Å². The Morgan fingerprint density at radius 1 is 1.48 bits per heavy atom. The van der Waals surface area contributed by atoms with Gasteiger partial charge in [0, 0.05) is 22.2 Å². The van der Waals surface area contributed by atoms with Crippen molar-refractivity contribution in [1.82, 2.24) is 4.98 Å². The molecule has 2 unspecified atom stereocenters. The number of aliphatic imine (C=N–C) groups is 1. The summed E-state index contributed by atoms with van der Waals surface area (Å²) in [6.07, 6.45) is 4.73. The molecule has 0 saturated carbocycles. The molecule has 0 bridgehead atoms. The maximum Gasteiger partial charge on any atom is 0.134 e. The van der Waals surface area contributed by atoms with Gasteiger partial charge in [-0.3, -0.25) is 0 Å². The highest BCUT2D eigenvalue weighted by Crippen LogP contribution is 2.40. The second-order valence-electron chi connectivity index (χ2n) is 5.86. The number of rotatable bonds is 3. The van der Waals surface area contributed by atoms with E-state index in [-0.39, 0.29) is 0 Å². The first kappa shape index (κ1) is 15.9. The van der Waals surface area contributed by atoms with Crippen molar-refractivity contribution in [2.24, 2.45) is 10.9 Å². The van der Waals surface area contributed by atoms with Crippen LogP contribution < -0.4 is 0 Å². The maximum atomic E-state index is 9.48. The molecule has 0 fully saturated rings. The Bertz CT molecular complexity index is 832. The normalized spacial score (nSPS) is 18.3. The number of aryl methyl sites for hydroxylation is 1. The zero-order chi connectivity index (χ0) is 16.4. The van der Waals surface area contributed by atoms with Crippen molar-refractivity contribution in [1.29, 1.82) is 10.5 Å². The predicted molar refractivity (Wildman–Crippen MR) is 93.6 cm³/mol. The molecule has 2 aromatic heterocycles.